The summed E-state index contributed by atoms with van der Waals surface area (Å²) < 4.78 is 0. The molecule has 0 bridgehead atoms. The van der Waals surface area contributed by atoms with Gasteiger partial charge in [-0.3, -0.25) is 0 Å². The third kappa shape index (κ3) is 3.22. The Morgan fingerprint density at radius 2 is 2.00 bits per heavy atom. The highest BCUT2D eigenvalue weighted by Gasteiger charge is 2.08. The Balaban J connectivity index is 2.94. The van der Waals surface area contributed by atoms with E-state index in [2.05, 4.69) is 0 Å². The van der Waals surface area contributed by atoms with E-state index in [1.165, 1.54) is 0 Å². The molecule has 0 radical (unpaired) electrons. The van der Waals surface area contributed by atoms with Gasteiger partial charge in [0.05, 0.1) is 6.04 Å². The first kappa shape index (κ1) is 12.5. The van der Waals surface area contributed by atoms with Crippen LogP contribution in [0.2, 0.25) is 0 Å². The fourth-order valence-electron chi connectivity index (χ4n) is 1.50. The molecule has 0 spiro atoms. The molecule has 86 valence electrons. The first-order valence-corrected chi connectivity index (χ1v) is 5.26. The monoisotopic (exact) mass is 218 g/mol. The third-order valence-corrected chi connectivity index (χ3v) is 2.32. The first-order chi connectivity index (χ1) is 7.69. The maximum Gasteiger partial charge on any atom is 0.115 e. The molecule has 1 aromatic rings. The molecule has 16 heavy (non-hydrogen) atoms. The van der Waals surface area contributed by atoms with Crippen LogP contribution in [0.1, 0.15) is 18.5 Å². The standard InChI is InChI=1S/C13H18N2O/c1-2-3-10(8-9-14)13(15)11-4-6-12(16)7-5-11/h2-8,13,16H,9,14-15H2,1H3/b3-2-,10-8+. The van der Waals surface area contributed by atoms with Crippen molar-refractivity contribution in [3.05, 3.63) is 53.6 Å². The Bertz CT molecular complexity index is 379. The van der Waals surface area contributed by atoms with Gasteiger partial charge in [-0.05, 0) is 30.2 Å². The lowest BCUT2D eigenvalue weighted by Gasteiger charge is -2.13. The van der Waals surface area contributed by atoms with Crippen LogP contribution in [0.15, 0.2) is 48.1 Å². The number of phenolic OH excluding ortho intramolecular Hbond substituents is 1. The quantitative estimate of drug-likeness (QED) is 0.675. The van der Waals surface area contributed by atoms with Crippen molar-refractivity contribution in [2.75, 3.05) is 6.54 Å². The molecule has 1 aromatic carbocycles. The summed E-state index contributed by atoms with van der Waals surface area (Å²) in [6, 6.07) is 6.68. The second kappa shape index (κ2) is 6.10. The normalized spacial score (nSPS) is 14.3. The molecule has 0 fully saturated rings. The molecule has 5 N–H and O–H groups in total. The van der Waals surface area contributed by atoms with Crippen LogP contribution in [-0.2, 0) is 0 Å². The molecular weight excluding hydrogens is 200 g/mol. The molecule has 1 rings (SSSR count). The molecule has 0 saturated carbocycles. The number of allylic oxidation sites excluding steroid dienone is 1. The topological polar surface area (TPSA) is 72.3 Å². The Kier molecular flexibility index (Phi) is 4.76. The van der Waals surface area contributed by atoms with Gasteiger partial charge in [0.25, 0.3) is 0 Å². The number of nitrogens with two attached hydrogens (primary N) is 2. The summed E-state index contributed by atoms with van der Waals surface area (Å²) in [6.07, 6.45) is 5.78. The van der Waals surface area contributed by atoms with Crippen LogP contribution in [0.3, 0.4) is 0 Å². The molecule has 0 heterocycles. The Morgan fingerprint density at radius 3 is 2.50 bits per heavy atom. The average molecular weight is 218 g/mol. The summed E-state index contributed by atoms with van der Waals surface area (Å²) in [6.45, 7) is 2.40. The smallest absolute Gasteiger partial charge is 0.115 e. The van der Waals surface area contributed by atoms with Crippen molar-refractivity contribution in [3.8, 4) is 5.75 Å². The van der Waals surface area contributed by atoms with Gasteiger partial charge < -0.3 is 16.6 Å². The molecule has 1 atom stereocenters. The van der Waals surface area contributed by atoms with Crippen molar-refractivity contribution in [3.63, 3.8) is 0 Å². The number of phenols is 1. The zero-order valence-electron chi connectivity index (χ0n) is 9.43. The van der Waals surface area contributed by atoms with Crippen molar-refractivity contribution in [1.82, 2.24) is 0 Å². The van der Waals surface area contributed by atoms with E-state index < -0.39 is 0 Å². The summed E-state index contributed by atoms with van der Waals surface area (Å²) in [7, 11) is 0. The van der Waals surface area contributed by atoms with Crippen molar-refractivity contribution < 1.29 is 5.11 Å². The highest BCUT2D eigenvalue weighted by Crippen LogP contribution is 2.21. The van der Waals surface area contributed by atoms with Crippen LogP contribution >= 0.6 is 0 Å². The van der Waals surface area contributed by atoms with Crippen molar-refractivity contribution in [1.29, 1.82) is 0 Å². The van der Waals surface area contributed by atoms with E-state index in [9.17, 15) is 5.11 Å². The van der Waals surface area contributed by atoms with Crippen LogP contribution in [0.25, 0.3) is 0 Å². The summed E-state index contributed by atoms with van der Waals surface area (Å²) in [5, 5.41) is 9.19. The first-order valence-electron chi connectivity index (χ1n) is 5.26. The van der Waals surface area contributed by atoms with Gasteiger partial charge in [-0.2, -0.15) is 0 Å². The van der Waals surface area contributed by atoms with Gasteiger partial charge in [-0.1, -0.05) is 30.4 Å². The van der Waals surface area contributed by atoms with Crippen LogP contribution in [-0.4, -0.2) is 11.7 Å². The van der Waals surface area contributed by atoms with Gasteiger partial charge >= 0.3 is 0 Å². The van der Waals surface area contributed by atoms with Crippen molar-refractivity contribution >= 4 is 0 Å². The summed E-state index contributed by atoms with van der Waals surface area (Å²) in [5.41, 5.74) is 13.5. The Hall–Kier alpha value is -1.58. The minimum absolute atomic E-state index is 0.208. The van der Waals surface area contributed by atoms with Gasteiger partial charge in [0, 0.05) is 6.54 Å². The maximum atomic E-state index is 9.19. The fraction of sp³-hybridized carbons (Fsp3) is 0.231. The van der Waals surface area contributed by atoms with Gasteiger partial charge in [0.2, 0.25) is 0 Å². The maximum absolute atomic E-state index is 9.19. The lowest BCUT2D eigenvalue weighted by atomic mass is 9.98. The molecule has 0 aliphatic carbocycles. The molecule has 1 unspecified atom stereocenters. The number of hydrogen-bond donors (Lipinski definition) is 3. The SMILES string of the molecule is C/C=C\C(=C/CN)C(N)c1ccc(O)cc1. The summed E-state index contributed by atoms with van der Waals surface area (Å²) >= 11 is 0. The highest BCUT2D eigenvalue weighted by molar-refractivity contribution is 5.36. The Labute approximate surface area is 96.1 Å². The zero-order chi connectivity index (χ0) is 12.0. The predicted octanol–water partition coefficient (Wildman–Crippen LogP) is 1.85. The molecule has 0 aliphatic rings. The lowest BCUT2D eigenvalue weighted by Crippen LogP contribution is -2.13. The molecule has 3 heteroatoms. The van der Waals surface area contributed by atoms with Gasteiger partial charge in [-0.15, -0.1) is 0 Å². The second-order valence-corrected chi connectivity index (χ2v) is 3.51. The van der Waals surface area contributed by atoms with Crippen LogP contribution in [0, 0.1) is 0 Å². The van der Waals surface area contributed by atoms with Crippen LogP contribution in [0.4, 0.5) is 0 Å². The van der Waals surface area contributed by atoms with Crippen molar-refractivity contribution in [2.45, 2.75) is 13.0 Å². The number of aromatic hydroxyl groups is 1. The van der Waals surface area contributed by atoms with Crippen LogP contribution in [0.5, 0.6) is 5.75 Å². The lowest BCUT2D eigenvalue weighted by molar-refractivity contribution is 0.475. The van der Waals surface area contributed by atoms with Gasteiger partial charge in [0.1, 0.15) is 5.75 Å². The molecule has 3 nitrogen and oxygen atoms in total. The number of hydrogen-bond acceptors (Lipinski definition) is 3. The van der Waals surface area contributed by atoms with E-state index in [0.29, 0.717) is 6.54 Å². The molecular formula is C13H18N2O. The van der Waals surface area contributed by atoms with E-state index in [0.717, 1.165) is 11.1 Å². The van der Waals surface area contributed by atoms with E-state index in [-0.39, 0.29) is 11.8 Å². The number of rotatable bonds is 4. The van der Waals surface area contributed by atoms with Gasteiger partial charge in [0.15, 0.2) is 0 Å². The minimum atomic E-state index is -0.208. The van der Waals surface area contributed by atoms with E-state index in [4.69, 9.17) is 11.5 Å². The third-order valence-electron chi connectivity index (χ3n) is 2.32. The van der Waals surface area contributed by atoms with E-state index >= 15 is 0 Å². The number of benzene rings is 1. The fourth-order valence-corrected chi connectivity index (χ4v) is 1.50. The minimum Gasteiger partial charge on any atom is -0.508 e. The van der Waals surface area contributed by atoms with E-state index in [1.54, 1.807) is 12.1 Å². The second-order valence-electron chi connectivity index (χ2n) is 3.51. The van der Waals surface area contributed by atoms with Crippen LogP contribution < -0.4 is 11.5 Å². The molecule has 0 aromatic heterocycles. The summed E-state index contributed by atoms with van der Waals surface area (Å²) in [4.78, 5) is 0. The predicted molar refractivity (Wildman–Crippen MR) is 67.0 cm³/mol. The van der Waals surface area contributed by atoms with E-state index in [1.807, 2.05) is 37.3 Å². The Morgan fingerprint density at radius 1 is 1.38 bits per heavy atom. The molecule has 0 saturated heterocycles. The van der Waals surface area contributed by atoms with Crippen molar-refractivity contribution in [2.24, 2.45) is 11.5 Å². The molecule has 0 aliphatic heterocycles. The van der Waals surface area contributed by atoms with Gasteiger partial charge in [-0.25, -0.2) is 0 Å². The summed E-state index contributed by atoms with van der Waals surface area (Å²) in [5.74, 6) is 0.242. The average Bonchev–Trinajstić information content (AvgIpc) is 2.29. The highest BCUT2D eigenvalue weighted by atomic mass is 16.3. The molecule has 0 amide bonds. The largest absolute Gasteiger partial charge is 0.508 e. The zero-order valence-corrected chi connectivity index (χ0v) is 9.43.